The second-order valence-electron chi connectivity index (χ2n) is 6.74. The van der Waals surface area contributed by atoms with Crippen molar-refractivity contribution in [1.29, 1.82) is 0 Å². The lowest BCUT2D eigenvalue weighted by atomic mass is 9.94. The molecule has 0 aliphatic rings. The monoisotopic (exact) mass is 393 g/mol. The molecule has 0 fully saturated rings. The molecule has 2 atom stereocenters. The van der Waals surface area contributed by atoms with E-state index in [-0.39, 0.29) is 18.5 Å². The van der Waals surface area contributed by atoms with Crippen LogP contribution in [-0.4, -0.2) is 29.7 Å². The van der Waals surface area contributed by atoms with Crippen LogP contribution >= 0.6 is 0 Å². The zero-order chi connectivity index (χ0) is 20.7. The van der Waals surface area contributed by atoms with Gasteiger partial charge < -0.3 is 10.4 Å². The van der Waals surface area contributed by atoms with Crippen molar-refractivity contribution in [3.63, 3.8) is 0 Å². The highest BCUT2D eigenvalue weighted by Gasteiger charge is 2.41. The second-order valence-corrected chi connectivity index (χ2v) is 6.74. The summed E-state index contributed by atoms with van der Waals surface area (Å²) in [7, 11) is 0. The van der Waals surface area contributed by atoms with Crippen molar-refractivity contribution in [2.75, 3.05) is 6.54 Å². The minimum atomic E-state index is -4.58. The Kier molecular flexibility index (Phi) is 7.20. The first-order valence-electron chi connectivity index (χ1n) is 8.83. The van der Waals surface area contributed by atoms with E-state index in [0.717, 1.165) is 11.1 Å². The predicted molar refractivity (Wildman–Crippen MR) is 98.9 cm³/mol. The van der Waals surface area contributed by atoms with Crippen LogP contribution in [0.15, 0.2) is 54.6 Å². The van der Waals surface area contributed by atoms with E-state index in [4.69, 9.17) is 0 Å². The van der Waals surface area contributed by atoms with Gasteiger partial charge >= 0.3 is 12.1 Å². The molecule has 1 amide bonds. The molecular formula is C21H22F3NO3. The molecule has 2 unspecified atom stereocenters. The number of benzene rings is 2. The summed E-state index contributed by atoms with van der Waals surface area (Å²) < 4.78 is 40.0. The van der Waals surface area contributed by atoms with Crippen LogP contribution in [0.1, 0.15) is 29.0 Å². The quantitative estimate of drug-likeness (QED) is 0.710. The minimum Gasteiger partial charge on any atom is -0.481 e. The van der Waals surface area contributed by atoms with E-state index in [1.165, 1.54) is 24.3 Å². The number of carbonyl (C=O) groups excluding carboxylic acids is 1. The molecule has 2 rings (SSSR count). The molecule has 0 saturated carbocycles. The molecule has 2 aromatic carbocycles. The molecule has 0 heterocycles. The van der Waals surface area contributed by atoms with Gasteiger partial charge in [0.2, 0.25) is 5.91 Å². The summed E-state index contributed by atoms with van der Waals surface area (Å²) in [5, 5.41) is 11.7. The highest BCUT2D eigenvalue weighted by atomic mass is 19.4. The van der Waals surface area contributed by atoms with Crippen LogP contribution in [0.2, 0.25) is 0 Å². The van der Waals surface area contributed by atoms with Gasteiger partial charge in [0.25, 0.3) is 0 Å². The highest BCUT2D eigenvalue weighted by molar-refractivity contribution is 5.78. The maximum Gasteiger partial charge on any atom is 0.396 e. The number of halogens is 3. The Morgan fingerprint density at radius 2 is 1.75 bits per heavy atom. The van der Waals surface area contributed by atoms with E-state index >= 15 is 0 Å². The summed E-state index contributed by atoms with van der Waals surface area (Å²) in [6.07, 6.45) is -5.19. The molecule has 2 N–H and O–H groups in total. The Hall–Kier alpha value is -2.83. The van der Waals surface area contributed by atoms with Crippen LogP contribution < -0.4 is 5.32 Å². The molecule has 0 spiro atoms. The van der Waals surface area contributed by atoms with Crippen LogP contribution in [0.25, 0.3) is 0 Å². The largest absolute Gasteiger partial charge is 0.481 e. The fourth-order valence-corrected chi connectivity index (χ4v) is 2.97. The first-order valence-corrected chi connectivity index (χ1v) is 8.83. The number of amides is 1. The molecule has 150 valence electrons. The molecule has 7 heteroatoms. The molecule has 0 aliphatic heterocycles. The standard InChI is InChI=1S/C21H22F3NO3/c1-14-6-5-7-15(10-14)11-17(20(27)28)13-25-19(26)12-18(21(22,23)24)16-8-3-2-4-9-16/h2-10,17-18H,11-13H2,1H3,(H,25,26)(H,27,28). The van der Waals surface area contributed by atoms with E-state index < -0.39 is 36.3 Å². The molecule has 0 aliphatic carbocycles. The third-order valence-corrected chi connectivity index (χ3v) is 4.45. The maximum absolute atomic E-state index is 13.3. The zero-order valence-electron chi connectivity index (χ0n) is 15.4. The van der Waals surface area contributed by atoms with Gasteiger partial charge in [0.15, 0.2) is 0 Å². The number of carboxylic acids is 1. The van der Waals surface area contributed by atoms with Crippen molar-refractivity contribution < 1.29 is 27.9 Å². The molecular weight excluding hydrogens is 371 g/mol. The topological polar surface area (TPSA) is 66.4 Å². The van der Waals surface area contributed by atoms with Gasteiger partial charge in [0, 0.05) is 13.0 Å². The van der Waals surface area contributed by atoms with Gasteiger partial charge in [-0.1, -0.05) is 60.2 Å². The van der Waals surface area contributed by atoms with E-state index in [0.29, 0.717) is 0 Å². The number of carbonyl (C=O) groups is 2. The van der Waals surface area contributed by atoms with Crippen LogP contribution in [0.4, 0.5) is 13.2 Å². The number of hydrogen-bond donors (Lipinski definition) is 2. The Bertz CT molecular complexity index is 806. The van der Waals surface area contributed by atoms with Crippen molar-refractivity contribution in [3.8, 4) is 0 Å². The van der Waals surface area contributed by atoms with Crippen LogP contribution in [0.3, 0.4) is 0 Å². The van der Waals surface area contributed by atoms with Crippen LogP contribution in [-0.2, 0) is 16.0 Å². The lowest BCUT2D eigenvalue weighted by Crippen LogP contribution is -2.36. The lowest BCUT2D eigenvalue weighted by Gasteiger charge is -2.21. The van der Waals surface area contributed by atoms with Gasteiger partial charge in [-0.2, -0.15) is 13.2 Å². The van der Waals surface area contributed by atoms with Gasteiger partial charge in [-0.25, -0.2) is 0 Å². The number of carboxylic acid groups (broad SMARTS) is 1. The molecule has 28 heavy (non-hydrogen) atoms. The number of hydrogen-bond acceptors (Lipinski definition) is 2. The Morgan fingerprint density at radius 3 is 2.32 bits per heavy atom. The van der Waals surface area contributed by atoms with E-state index in [1.807, 2.05) is 19.1 Å². The fourth-order valence-electron chi connectivity index (χ4n) is 2.97. The zero-order valence-corrected chi connectivity index (χ0v) is 15.4. The summed E-state index contributed by atoms with van der Waals surface area (Å²) in [6.45, 7) is 1.64. The number of nitrogens with one attached hydrogen (secondary N) is 1. The average molecular weight is 393 g/mol. The summed E-state index contributed by atoms with van der Waals surface area (Å²) in [5.74, 6) is -4.81. The molecule has 0 bridgehead atoms. The lowest BCUT2D eigenvalue weighted by molar-refractivity contribution is -0.157. The first kappa shape index (κ1) is 21.5. The predicted octanol–water partition coefficient (Wildman–Crippen LogP) is 4.09. The number of rotatable bonds is 8. The molecule has 0 aromatic heterocycles. The molecule has 0 saturated heterocycles. The van der Waals surface area contributed by atoms with Crippen molar-refractivity contribution in [2.45, 2.75) is 31.9 Å². The van der Waals surface area contributed by atoms with E-state index in [1.54, 1.807) is 18.2 Å². The van der Waals surface area contributed by atoms with Crippen LogP contribution in [0.5, 0.6) is 0 Å². The second kappa shape index (κ2) is 9.39. The smallest absolute Gasteiger partial charge is 0.396 e. The maximum atomic E-state index is 13.3. The normalized spacial score (nSPS) is 13.6. The van der Waals surface area contributed by atoms with Crippen molar-refractivity contribution in [3.05, 3.63) is 71.3 Å². The average Bonchev–Trinajstić information content (AvgIpc) is 2.62. The van der Waals surface area contributed by atoms with Gasteiger partial charge in [0.1, 0.15) is 0 Å². The number of aliphatic carboxylic acids is 1. The molecule has 2 aromatic rings. The van der Waals surface area contributed by atoms with Gasteiger partial charge in [-0.3, -0.25) is 9.59 Å². The van der Waals surface area contributed by atoms with E-state index in [2.05, 4.69) is 5.32 Å². The number of alkyl halides is 3. The third-order valence-electron chi connectivity index (χ3n) is 4.45. The minimum absolute atomic E-state index is 0.000282. The summed E-state index contributed by atoms with van der Waals surface area (Å²) in [5.41, 5.74) is 1.76. The first-order chi connectivity index (χ1) is 13.2. The molecule has 4 nitrogen and oxygen atoms in total. The van der Waals surface area contributed by atoms with Crippen LogP contribution in [0, 0.1) is 12.8 Å². The Balaban J connectivity index is 2.00. The fraction of sp³-hybridized carbons (Fsp3) is 0.333. The van der Waals surface area contributed by atoms with Crippen molar-refractivity contribution >= 4 is 11.9 Å². The van der Waals surface area contributed by atoms with Crippen molar-refractivity contribution in [2.24, 2.45) is 5.92 Å². The Labute approximate surface area is 161 Å². The summed E-state index contributed by atoms with van der Waals surface area (Å²) in [4.78, 5) is 23.6. The summed E-state index contributed by atoms with van der Waals surface area (Å²) >= 11 is 0. The van der Waals surface area contributed by atoms with E-state index in [9.17, 15) is 27.9 Å². The molecule has 0 radical (unpaired) electrons. The number of aryl methyl sites for hydroxylation is 1. The highest BCUT2D eigenvalue weighted by Crippen LogP contribution is 2.37. The van der Waals surface area contributed by atoms with Gasteiger partial charge in [-0.05, 0) is 24.5 Å². The SMILES string of the molecule is Cc1cccc(CC(CNC(=O)CC(c2ccccc2)C(F)(F)F)C(=O)O)c1. The van der Waals surface area contributed by atoms with Gasteiger partial charge in [-0.15, -0.1) is 0 Å². The van der Waals surface area contributed by atoms with Crippen molar-refractivity contribution in [1.82, 2.24) is 5.32 Å². The van der Waals surface area contributed by atoms with Gasteiger partial charge in [0.05, 0.1) is 11.8 Å². The summed E-state index contributed by atoms with van der Waals surface area (Å²) in [6, 6.07) is 14.5. The third kappa shape index (κ3) is 6.40. The Morgan fingerprint density at radius 1 is 1.07 bits per heavy atom.